The van der Waals surface area contributed by atoms with E-state index in [4.69, 9.17) is 22.2 Å². The molecule has 0 aromatic heterocycles. The Morgan fingerprint density at radius 2 is 2.14 bits per heavy atom. The maximum Gasteiger partial charge on any atom is 0.119 e. The largest absolute Gasteiger partial charge is 0.414 e. The number of nitrogens with one attached hydrogen (secondary N) is 3. The average molecular weight is 323 g/mol. The Bertz CT molecular complexity index is 337. The van der Waals surface area contributed by atoms with Gasteiger partial charge in [0.2, 0.25) is 0 Å². The van der Waals surface area contributed by atoms with Crippen molar-refractivity contribution < 1.29 is 9.23 Å². The van der Waals surface area contributed by atoms with Gasteiger partial charge in [-0.3, -0.25) is 0 Å². The Morgan fingerprint density at radius 3 is 2.67 bits per heavy atom. The van der Waals surface area contributed by atoms with E-state index in [0.717, 1.165) is 6.54 Å². The number of nitrogens with two attached hydrogens (primary N) is 1. The second kappa shape index (κ2) is 11.8. The number of halogens is 2. The Kier molecular flexibility index (Phi) is 11.3. The highest BCUT2D eigenvalue weighted by molar-refractivity contribution is 6.30. The molecule has 0 saturated carbocycles. The first-order valence-corrected chi connectivity index (χ1v) is 7.54. The van der Waals surface area contributed by atoms with Gasteiger partial charge in [0.05, 0.1) is 17.1 Å². The molecule has 0 aliphatic rings. The molecule has 5 N–H and O–H groups in total. The van der Waals surface area contributed by atoms with Crippen molar-refractivity contribution in [3.8, 4) is 0 Å². The zero-order chi connectivity index (χ0) is 16.3. The van der Waals surface area contributed by atoms with Gasteiger partial charge in [-0.05, 0) is 46.9 Å². The fourth-order valence-corrected chi connectivity index (χ4v) is 1.71. The standard InChI is InChI=1S/C14H28ClFN4O/c1-5-20-21-10(2)8-13(17)12(15)9-19-14(11(3)16)6-7-18-4/h8-9,11,13-14,18-20H,5-7,17H2,1-4H3/b10-8+,12-9-/t11-,13?,14+/m1/s1. The minimum Gasteiger partial charge on any atom is -0.414 e. The van der Waals surface area contributed by atoms with Crippen LogP contribution in [0.1, 0.15) is 27.2 Å². The van der Waals surface area contributed by atoms with E-state index in [1.54, 1.807) is 19.2 Å². The van der Waals surface area contributed by atoms with Crippen molar-refractivity contribution in [3.05, 3.63) is 23.1 Å². The van der Waals surface area contributed by atoms with Gasteiger partial charge in [0, 0.05) is 12.7 Å². The topological polar surface area (TPSA) is 71.3 Å². The molecule has 0 bridgehead atoms. The molecule has 0 heterocycles. The van der Waals surface area contributed by atoms with Crippen LogP contribution in [0.5, 0.6) is 0 Å². The number of rotatable bonds is 11. The van der Waals surface area contributed by atoms with Gasteiger partial charge >= 0.3 is 0 Å². The fraction of sp³-hybridized carbons (Fsp3) is 0.714. The molecular weight excluding hydrogens is 295 g/mol. The van der Waals surface area contributed by atoms with Crippen LogP contribution in [0.4, 0.5) is 4.39 Å². The number of alkyl halides is 1. The van der Waals surface area contributed by atoms with Gasteiger partial charge in [-0.15, -0.1) is 0 Å². The minimum absolute atomic E-state index is 0.304. The van der Waals surface area contributed by atoms with Gasteiger partial charge in [-0.1, -0.05) is 11.6 Å². The summed E-state index contributed by atoms with van der Waals surface area (Å²) in [5.74, 6) is 0.626. The minimum atomic E-state index is -0.982. The summed E-state index contributed by atoms with van der Waals surface area (Å²) in [7, 11) is 1.83. The van der Waals surface area contributed by atoms with E-state index in [1.807, 2.05) is 14.0 Å². The Morgan fingerprint density at radius 1 is 1.48 bits per heavy atom. The van der Waals surface area contributed by atoms with E-state index in [9.17, 15) is 4.39 Å². The van der Waals surface area contributed by atoms with Crippen LogP contribution in [-0.4, -0.2) is 38.4 Å². The van der Waals surface area contributed by atoms with Gasteiger partial charge in [-0.25, -0.2) is 4.39 Å². The zero-order valence-corrected chi connectivity index (χ0v) is 14.0. The summed E-state index contributed by atoms with van der Waals surface area (Å²) in [4.78, 5) is 5.19. The predicted molar refractivity (Wildman–Crippen MR) is 86.5 cm³/mol. The summed E-state index contributed by atoms with van der Waals surface area (Å²) in [5, 5.41) is 6.36. The molecule has 0 saturated heterocycles. The van der Waals surface area contributed by atoms with Crippen molar-refractivity contribution in [3.63, 3.8) is 0 Å². The zero-order valence-electron chi connectivity index (χ0n) is 13.2. The molecule has 0 rings (SSSR count). The van der Waals surface area contributed by atoms with Crippen molar-refractivity contribution in [2.45, 2.75) is 45.4 Å². The van der Waals surface area contributed by atoms with Crippen LogP contribution in [0.2, 0.25) is 0 Å². The van der Waals surface area contributed by atoms with E-state index in [0.29, 0.717) is 23.8 Å². The SMILES string of the molecule is CCNO/C(C)=C/C(N)/C(Cl)=C/N[C@@H](CCNC)[C@@H](C)F. The van der Waals surface area contributed by atoms with E-state index >= 15 is 0 Å². The molecular formula is C14H28ClFN4O. The summed E-state index contributed by atoms with van der Waals surface area (Å²) < 4.78 is 13.5. The van der Waals surface area contributed by atoms with Gasteiger partial charge < -0.3 is 21.2 Å². The van der Waals surface area contributed by atoms with Crippen molar-refractivity contribution >= 4 is 11.6 Å². The molecule has 21 heavy (non-hydrogen) atoms. The van der Waals surface area contributed by atoms with E-state index < -0.39 is 12.2 Å². The predicted octanol–water partition coefficient (Wildman–Crippen LogP) is 1.76. The lowest BCUT2D eigenvalue weighted by molar-refractivity contribution is 0.110. The number of hydrogen-bond donors (Lipinski definition) is 4. The Balaban J connectivity index is 4.48. The van der Waals surface area contributed by atoms with Crippen molar-refractivity contribution in [1.29, 1.82) is 0 Å². The molecule has 0 fully saturated rings. The van der Waals surface area contributed by atoms with Crippen LogP contribution in [-0.2, 0) is 4.84 Å². The monoisotopic (exact) mass is 322 g/mol. The second-order valence-electron chi connectivity index (χ2n) is 4.78. The number of allylic oxidation sites excluding steroid dienone is 1. The Labute approximate surface area is 132 Å². The summed E-state index contributed by atoms with van der Waals surface area (Å²) in [6.45, 7) is 6.63. The molecule has 0 spiro atoms. The van der Waals surface area contributed by atoms with Crippen molar-refractivity contribution in [1.82, 2.24) is 16.1 Å². The maximum atomic E-state index is 13.5. The normalized spacial score (nSPS) is 17.3. The summed E-state index contributed by atoms with van der Waals surface area (Å²) >= 11 is 6.11. The highest BCUT2D eigenvalue weighted by atomic mass is 35.5. The van der Waals surface area contributed by atoms with E-state index in [-0.39, 0.29) is 6.04 Å². The molecule has 7 heteroatoms. The third-order valence-corrected chi connectivity index (χ3v) is 3.17. The highest BCUT2D eigenvalue weighted by Crippen LogP contribution is 2.10. The first kappa shape index (κ1) is 20.2. The molecule has 124 valence electrons. The summed E-state index contributed by atoms with van der Waals surface area (Å²) in [5.41, 5.74) is 8.64. The van der Waals surface area contributed by atoms with Gasteiger partial charge in [-0.2, -0.15) is 5.48 Å². The molecule has 0 aliphatic heterocycles. The molecule has 0 aliphatic carbocycles. The van der Waals surface area contributed by atoms with E-state index in [1.165, 1.54) is 6.92 Å². The van der Waals surface area contributed by atoms with Crippen LogP contribution >= 0.6 is 11.6 Å². The maximum absolute atomic E-state index is 13.5. The molecule has 0 aromatic carbocycles. The van der Waals surface area contributed by atoms with E-state index in [2.05, 4.69) is 16.1 Å². The third-order valence-electron chi connectivity index (χ3n) is 2.81. The third kappa shape index (κ3) is 9.68. The fourth-order valence-electron chi connectivity index (χ4n) is 1.58. The molecule has 5 nitrogen and oxygen atoms in total. The van der Waals surface area contributed by atoms with Crippen LogP contribution in [0, 0.1) is 0 Å². The van der Waals surface area contributed by atoms with Crippen molar-refractivity contribution in [2.75, 3.05) is 20.1 Å². The smallest absolute Gasteiger partial charge is 0.119 e. The second-order valence-corrected chi connectivity index (χ2v) is 5.21. The first-order valence-electron chi connectivity index (χ1n) is 7.16. The summed E-state index contributed by atoms with van der Waals surface area (Å²) in [6, 6.07) is -0.806. The quantitative estimate of drug-likeness (QED) is 0.345. The lowest BCUT2D eigenvalue weighted by atomic mass is 10.1. The van der Waals surface area contributed by atoms with Gasteiger partial charge in [0.15, 0.2) is 0 Å². The molecule has 0 radical (unpaired) electrons. The van der Waals surface area contributed by atoms with Gasteiger partial charge in [0.1, 0.15) is 11.9 Å². The van der Waals surface area contributed by atoms with Crippen molar-refractivity contribution in [2.24, 2.45) is 5.73 Å². The molecule has 3 atom stereocenters. The summed E-state index contributed by atoms with van der Waals surface area (Å²) in [6.07, 6.45) is 2.91. The van der Waals surface area contributed by atoms with Crippen LogP contribution in [0.15, 0.2) is 23.1 Å². The van der Waals surface area contributed by atoms with Gasteiger partial charge in [0.25, 0.3) is 0 Å². The number of hydrogen-bond acceptors (Lipinski definition) is 5. The lowest BCUT2D eigenvalue weighted by Gasteiger charge is -2.19. The molecule has 1 unspecified atom stereocenters. The van der Waals surface area contributed by atoms with Crippen LogP contribution in [0.3, 0.4) is 0 Å². The average Bonchev–Trinajstić information content (AvgIpc) is 2.44. The first-order chi connectivity index (χ1) is 9.92. The Hall–Kier alpha value is -0.820. The van der Waals surface area contributed by atoms with Crippen LogP contribution in [0.25, 0.3) is 0 Å². The number of hydroxylamine groups is 1. The molecule has 0 aromatic rings. The molecule has 0 amide bonds. The van der Waals surface area contributed by atoms with Crippen LogP contribution < -0.4 is 21.8 Å². The lowest BCUT2D eigenvalue weighted by Crippen LogP contribution is -2.36. The highest BCUT2D eigenvalue weighted by Gasteiger charge is 2.15.